The van der Waals surface area contributed by atoms with E-state index >= 15 is 0 Å². The van der Waals surface area contributed by atoms with Crippen LogP contribution in [0.1, 0.15) is 6.92 Å². The van der Waals surface area contributed by atoms with Gasteiger partial charge in [0.2, 0.25) is 5.91 Å². The molecule has 0 saturated carbocycles. The zero-order chi connectivity index (χ0) is 15.2. The standard InChI is InChI=1S/C15H23N3O3/c1-11-9-16-6-7-18(11)10-15(19)17-13-8-12(20-2)4-5-14(13)21-3/h4-5,8,11,16H,6-7,9-10H2,1-3H3,(H,17,19)/t11-/m1/s1. The molecule has 0 unspecified atom stereocenters. The molecule has 6 heteroatoms. The molecule has 2 N–H and O–H groups in total. The quantitative estimate of drug-likeness (QED) is 0.846. The Labute approximate surface area is 125 Å². The number of rotatable bonds is 5. The molecule has 1 heterocycles. The minimum absolute atomic E-state index is 0.0460. The zero-order valence-corrected chi connectivity index (χ0v) is 12.8. The lowest BCUT2D eigenvalue weighted by Gasteiger charge is -2.33. The predicted molar refractivity (Wildman–Crippen MR) is 82.1 cm³/mol. The first-order valence-corrected chi connectivity index (χ1v) is 7.10. The summed E-state index contributed by atoms with van der Waals surface area (Å²) in [5.41, 5.74) is 0.629. The van der Waals surface area contributed by atoms with E-state index < -0.39 is 0 Å². The molecule has 0 radical (unpaired) electrons. The van der Waals surface area contributed by atoms with Crippen LogP contribution in [0.4, 0.5) is 5.69 Å². The van der Waals surface area contributed by atoms with Crippen molar-refractivity contribution in [3.05, 3.63) is 18.2 Å². The van der Waals surface area contributed by atoms with E-state index in [1.807, 2.05) is 0 Å². The molecule has 1 aromatic rings. The van der Waals surface area contributed by atoms with E-state index in [0.29, 0.717) is 29.8 Å². The first-order valence-electron chi connectivity index (χ1n) is 7.10. The molecule has 0 bridgehead atoms. The minimum Gasteiger partial charge on any atom is -0.497 e. The van der Waals surface area contributed by atoms with Crippen molar-refractivity contribution in [2.75, 3.05) is 45.7 Å². The van der Waals surface area contributed by atoms with E-state index in [1.165, 1.54) is 0 Å². The Morgan fingerprint density at radius 1 is 1.43 bits per heavy atom. The van der Waals surface area contributed by atoms with Crippen LogP contribution in [0.5, 0.6) is 11.5 Å². The lowest BCUT2D eigenvalue weighted by atomic mass is 10.2. The number of anilines is 1. The normalized spacial score (nSPS) is 19.1. The van der Waals surface area contributed by atoms with Gasteiger partial charge in [-0.3, -0.25) is 9.69 Å². The van der Waals surface area contributed by atoms with Gasteiger partial charge in [-0.15, -0.1) is 0 Å². The van der Waals surface area contributed by atoms with Gasteiger partial charge >= 0.3 is 0 Å². The van der Waals surface area contributed by atoms with Gasteiger partial charge in [-0.1, -0.05) is 0 Å². The van der Waals surface area contributed by atoms with Gasteiger partial charge in [0.05, 0.1) is 26.5 Å². The van der Waals surface area contributed by atoms with Crippen molar-refractivity contribution < 1.29 is 14.3 Å². The maximum absolute atomic E-state index is 12.2. The molecule has 1 aromatic carbocycles. The number of nitrogens with zero attached hydrogens (tertiary/aromatic N) is 1. The summed E-state index contributed by atoms with van der Waals surface area (Å²) in [5, 5.41) is 6.21. The molecule has 2 rings (SSSR count). The summed E-state index contributed by atoms with van der Waals surface area (Å²) >= 11 is 0. The minimum atomic E-state index is -0.0460. The fraction of sp³-hybridized carbons (Fsp3) is 0.533. The van der Waals surface area contributed by atoms with Crippen molar-refractivity contribution in [3.63, 3.8) is 0 Å². The Morgan fingerprint density at radius 3 is 2.90 bits per heavy atom. The van der Waals surface area contributed by atoms with Gasteiger partial charge in [0.25, 0.3) is 0 Å². The topological polar surface area (TPSA) is 62.8 Å². The summed E-state index contributed by atoms with van der Waals surface area (Å²) in [5.74, 6) is 1.26. The third-order valence-corrected chi connectivity index (χ3v) is 3.67. The van der Waals surface area contributed by atoms with Gasteiger partial charge < -0.3 is 20.1 Å². The average molecular weight is 293 g/mol. The largest absolute Gasteiger partial charge is 0.497 e. The maximum Gasteiger partial charge on any atom is 0.238 e. The van der Waals surface area contributed by atoms with Crippen LogP contribution in [-0.4, -0.2) is 57.2 Å². The van der Waals surface area contributed by atoms with E-state index in [2.05, 4.69) is 22.5 Å². The summed E-state index contributed by atoms with van der Waals surface area (Å²) in [7, 11) is 3.17. The third kappa shape index (κ3) is 4.09. The van der Waals surface area contributed by atoms with Gasteiger partial charge in [0.1, 0.15) is 11.5 Å². The molecule has 0 spiro atoms. The maximum atomic E-state index is 12.2. The number of ether oxygens (including phenoxy) is 2. The molecule has 21 heavy (non-hydrogen) atoms. The van der Waals surface area contributed by atoms with Crippen LogP contribution in [0.2, 0.25) is 0 Å². The molecule has 1 amide bonds. The highest BCUT2D eigenvalue weighted by molar-refractivity contribution is 5.94. The van der Waals surface area contributed by atoms with Gasteiger partial charge in [-0.05, 0) is 19.1 Å². The molecule has 1 fully saturated rings. The van der Waals surface area contributed by atoms with Gasteiger partial charge in [0.15, 0.2) is 0 Å². The lowest BCUT2D eigenvalue weighted by molar-refractivity contribution is -0.118. The molecular formula is C15H23N3O3. The molecule has 1 aliphatic heterocycles. The SMILES string of the molecule is COc1ccc(OC)c(NC(=O)CN2CCNC[C@H]2C)c1. The monoisotopic (exact) mass is 293 g/mol. The average Bonchev–Trinajstić information content (AvgIpc) is 2.49. The summed E-state index contributed by atoms with van der Waals surface area (Å²) in [4.78, 5) is 14.4. The second-order valence-corrected chi connectivity index (χ2v) is 5.14. The molecule has 0 aromatic heterocycles. The summed E-state index contributed by atoms with van der Waals surface area (Å²) in [6, 6.07) is 5.70. The highest BCUT2D eigenvalue weighted by atomic mass is 16.5. The first-order chi connectivity index (χ1) is 10.1. The number of hydrogen-bond donors (Lipinski definition) is 2. The number of amides is 1. The smallest absolute Gasteiger partial charge is 0.238 e. The van der Waals surface area contributed by atoms with Crippen LogP contribution in [0.25, 0.3) is 0 Å². The highest BCUT2D eigenvalue weighted by Crippen LogP contribution is 2.28. The molecule has 6 nitrogen and oxygen atoms in total. The summed E-state index contributed by atoms with van der Waals surface area (Å²) < 4.78 is 10.4. The highest BCUT2D eigenvalue weighted by Gasteiger charge is 2.20. The number of benzene rings is 1. The number of methoxy groups -OCH3 is 2. The van der Waals surface area contributed by atoms with Crippen LogP contribution < -0.4 is 20.1 Å². The van der Waals surface area contributed by atoms with Crippen molar-refractivity contribution in [1.29, 1.82) is 0 Å². The fourth-order valence-corrected chi connectivity index (χ4v) is 2.40. The molecule has 1 aliphatic rings. The number of carbonyl (C=O) groups is 1. The van der Waals surface area contributed by atoms with Crippen molar-refractivity contribution in [1.82, 2.24) is 10.2 Å². The van der Waals surface area contributed by atoms with Gasteiger partial charge in [-0.25, -0.2) is 0 Å². The molecule has 0 aliphatic carbocycles. The van der Waals surface area contributed by atoms with Crippen molar-refractivity contribution in [3.8, 4) is 11.5 Å². The van der Waals surface area contributed by atoms with E-state index in [1.54, 1.807) is 32.4 Å². The van der Waals surface area contributed by atoms with E-state index in [4.69, 9.17) is 9.47 Å². The van der Waals surface area contributed by atoms with Crippen LogP contribution >= 0.6 is 0 Å². The second kappa shape index (κ2) is 7.28. The fourth-order valence-electron chi connectivity index (χ4n) is 2.40. The Hall–Kier alpha value is -1.79. The number of hydrogen-bond acceptors (Lipinski definition) is 5. The number of piperazine rings is 1. The molecule has 116 valence electrons. The lowest BCUT2D eigenvalue weighted by Crippen LogP contribution is -2.51. The van der Waals surface area contributed by atoms with Gasteiger partial charge in [0, 0.05) is 31.7 Å². The van der Waals surface area contributed by atoms with E-state index in [0.717, 1.165) is 19.6 Å². The second-order valence-electron chi connectivity index (χ2n) is 5.14. The first kappa shape index (κ1) is 15.6. The van der Waals surface area contributed by atoms with Crippen LogP contribution in [0.3, 0.4) is 0 Å². The number of nitrogens with one attached hydrogen (secondary N) is 2. The van der Waals surface area contributed by atoms with Crippen molar-refractivity contribution in [2.45, 2.75) is 13.0 Å². The Morgan fingerprint density at radius 2 is 2.24 bits per heavy atom. The summed E-state index contributed by atoms with van der Waals surface area (Å²) in [6.07, 6.45) is 0. The predicted octanol–water partition coefficient (Wildman–Crippen LogP) is 0.936. The molecule has 1 atom stereocenters. The van der Waals surface area contributed by atoms with Crippen LogP contribution in [-0.2, 0) is 4.79 Å². The van der Waals surface area contributed by atoms with E-state index in [-0.39, 0.29) is 5.91 Å². The van der Waals surface area contributed by atoms with Gasteiger partial charge in [-0.2, -0.15) is 0 Å². The molecule has 1 saturated heterocycles. The van der Waals surface area contributed by atoms with Crippen LogP contribution in [0, 0.1) is 0 Å². The zero-order valence-electron chi connectivity index (χ0n) is 12.8. The number of carbonyl (C=O) groups excluding carboxylic acids is 1. The molecular weight excluding hydrogens is 270 g/mol. The van der Waals surface area contributed by atoms with Crippen molar-refractivity contribution in [2.24, 2.45) is 0 Å². The van der Waals surface area contributed by atoms with E-state index in [9.17, 15) is 4.79 Å². The van der Waals surface area contributed by atoms with Crippen molar-refractivity contribution >= 4 is 11.6 Å². The Kier molecular flexibility index (Phi) is 5.41. The Balaban J connectivity index is 2.01. The summed E-state index contributed by atoms with van der Waals surface area (Å²) in [6.45, 7) is 5.20. The Bertz CT molecular complexity index is 493. The third-order valence-electron chi connectivity index (χ3n) is 3.67. The van der Waals surface area contributed by atoms with Crippen LogP contribution in [0.15, 0.2) is 18.2 Å².